The van der Waals surface area contributed by atoms with E-state index in [1.165, 1.54) is 0 Å². The molecule has 0 aromatic rings. The summed E-state index contributed by atoms with van der Waals surface area (Å²) in [5.41, 5.74) is 0. The summed E-state index contributed by atoms with van der Waals surface area (Å²) in [7, 11) is 0. The fraction of sp³-hybridized carbons (Fsp3) is 0.889. The van der Waals surface area contributed by atoms with Gasteiger partial charge in [-0.25, -0.2) is 0 Å². The number of ketones is 1. The molecule has 10 heavy (non-hydrogen) atoms. The van der Waals surface area contributed by atoms with E-state index in [1.54, 1.807) is 0 Å². The van der Waals surface area contributed by atoms with Crippen LogP contribution in [-0.4, -0.2) is 5.78 Å². The molecule has 0 aromatic heterocycles. The van der Waals surface area contributed by atoms with Gasteiger partial charge >= 0.3 is 0 Å². The highest BCUT2D eigenvalue weighted by molar-refractivity contribution is 5.81. The van der Waals surface area contributed by atoms with Crippen LogP contribution < -0.4 is 0 Å². The highest BCUT2D eigenvalue weighted by atomic mass is 16.1. The number of Topliss-reactive ketones (excluding diaryl/α,β-unsaturated/α-hetero) is 1. The largest absolute Gasteiger partial charge is 0.299 e. The molecule has 0 aliphatic heterocycles. The molecule has 0 bridgehead atoms. The predicted octanol–water partition coefficient (Wildman–Crippen LogP) is 2.40. The molecule has 1 rings (SSSR count). The number of hydrogen-bond acceptors (Lipinski definition) is 1. The molecule has 0 unspecified atom stereocenters. The van der Waals surface area contributed by atoms with E-state index in [4.69, 9.17) is 0 Å². The summed E-state index contributed by atoms with van der Waals surface area (Å²) < 4.78 is 0. The van der Waals surface area contributed by atoms with Crippen LogP contribution >= 0.6 is 0 Å². The van der Waals surface area contributed by atoms with E-state index in [-0.39, 0.29) is 0 Å². The van der Waals surface area contributed by atoms with Gasteiger partial charge in [0.1, 0.15) is 5.78 Å². The van der Waals surface area contributed by atoms with Crippen molar-refractivity contribution in [2.75, 3.05) is 0 Å². The van der Waals surface area contributed by atoms with E-state index in [1.807, 2.05) is 0 Å². The van der Waals surface area contributed by atoms with Crippen molar-refractivity contribution in [1.29, 1.82) is 0 Å². The Kier molecular flexibility index (Phi) is 2.47. The normalized spacial score (nSPS) is 34.4. The Hall–Kier alpha value is -0.330. The quantitative estimate of drug-likeness (QED) is 0.546. The van der Waals surface area contributed by atoms with Crippen molar-refractivity contribution >= 4 is 5.78 Å². The van der Waals surface area contributed by atoms with Crippen LogP contribution in [0.15, 0.2) is 0 Å². The van der Waals surface area contributed by atoms with Crippen molar-refractivity contribution in [2.45, 2.75) is 39.5 Å². The first kappa shape index (κ1) is 7.77. The summed E-state index contributed by atoms with van der Waals surface area (Å²) in [5.74, 6) is 1.67. The van der Waals surface area contributed by atoms with Gasteiger partial charge in [-0.15, -0.1) is 0 Å². The van der Waals surface area contributed by atoms with Gasteiger partial charge in [-0.05, 0) is 25.2 Å². The fourth-order valence-electron chi connectivity index (χ4n) is 1.72. The maximum atomic E-state index is 11.2. The van der Waals surface area contributed by atoms with Crippen LogP contribution in [0.1, 0.15) is 39.5 Å². The van der Waals surface area contributed by atoms with Crippen LogP contribution in [0, 0.1) is 11.8 Å². The second-order valence-corrected chi connectivity index (χ2v) is 3.45. The number of hydrogen-bond donors (Lipinski definition) is 0. The van der Waals surface area contributed by atoms with Crippen molar-refractivity contribution in [3.05, 3.63) is 0 Å². The molecule has 0 spiro atoms. The first-order valence-electron chi connectivity index (χ1n) is 4.26. The van der Waals surface area contributed by atoms with E-state index in [0.717, 1.165) is 31.6 Å². The molecule has 1 aliphatic rings. The Morgan fingerprint density at radius 1 is 1.60 bits per heavy atom. The molecule has 58 valence electrons. The number of carbonyl (C=O) groups is 1. The van der Waals surface area contributed by atoms with Gasteiger partial charge in [0, 0.05) is 12.3 Å². The lowest BCUT2D eigenvalue weighted by Crippen LogP contribution is -2.22. The molecule has 0 heterocycles. The molecule has 1 nitrogen and oxygen atoms in total. The fourth-order valence-corrected chi connectivity index (χ4v) is 1.72. The SMILES string of the molecule is CC[C@@H]1C[C@@H](C)CCC1=O. The number of carbonyl (C=O) groups excluding carboxylic acids is 1. The van der Waals surface area contributed by atoms with Crippen LogP contribution in [0.3, 0.4) is 0 Å². The zero-order valence-corrected chi connectivity index (χ0v) is 6.89. The Bertz CT molecular complexity index is 129. The van der Waals surface area contributed by atoms with Gasteiger partial charge < -0.3 is 0 Å². The summed E-state index contributed by atoms with van der Waals surface area (Å²) in [4.78, 5) is 11.2. The lowest BCUT2D eigenvalue weighted by atomic mass is 9.80. The first-order valence-corrected chi connectivity index (χ1v) is 4.26. The van der Waals surface area contributed by atoms with Crippen molar-refractivity contribution in [3.8, 4) is 0 Å². The minimum absolute atomic E-state index is 0.392. The van der Waals surface area contributed by atoms with E-state index < -0.39 is 0 Å². The van der Waals surface area contributed by atoms with E-state index >= 15 is 0 Å². The summed E-state index contributed by atoms with van der Waals surface area (Å²) in [6, 6.07) is 0. The van der Waals surface area contributed by atoms with Gasteiger partial charge in [-0.2, -0.15) is 0 Å². The predicted molar refractivity (Wildman–Crippen MR) is 41.8 cm³/mol. The summed E-state index contributed by atoms with van der Waals surface area (Å²) in [6.45, 7) is 4.36. The molecule has 0 radical (unpaired) electrons. The maximum Gasteiger partial charge on any atom is 0.135 e. The van der Waals surface area contributed by atoms with Crippen LogP contribution in [0.25, 0.3) is 0 Å². The second-order valence-electron chi connectivity index (χ2n) is 3.45. The minimum atomic E-state index is 0.392. The molecule has 1 fully saturated rings. The average Bonchev–Trinajstić information content (AvgIpc) is 1.94. The van der Waals surface area contributed by atoms with Crippen LogP contribution in [0.4, 0.5) is 0 Å². The average molecular weight is 140 g/mol. The van der Waals surface area contributed by atoms with Gasteiger partial charge in [-0.3, -0.25) is 4.79 Å². The lowest BCUT2D eigenvalue weighted by Gasteiger charge is -2.24. The van der Waals surface area contributed by atoms with Crippen LogP contribution in [-0.2, 0) is 4.79 Å². The molecule has 2 atom stereocenters. The molecule has 0 saturated heterocycles. The van der Waals surface area contributed by atoms with Gasteiger partial charge in [0.05, 0.1) is 0 Å². The molecule has 0 aromatic carbocycles. The van der Waals surface area contributed by atoms with Crippen LogP contribution in [0.5, 0.6) is 0 Å². The first-order chi connectivity index (χ1) is 4.74. The topological polar surface area (TPSA) is 17.1 Å². The van der Waals surface area contributed by atoms with E-state index in [2.05, 4.69) is 13.8 Å². The minimum Gasteiger partial charge on any atom is -0.299 e. The van der Waals surface area contributed by atoms with Gasteiger partial charge in [0.2, 0.25) is 0 Å². The highest BCUT2D eigenvalue weighted by Crippen LogP contribution is 2.27. The number of rotatable bonds is 1. The summed E-state index contributed by atoms with van der Waals surface area (Å²) in [5, 5.41) is 0. The standard InChI is InChI=1S/C9H16O/c1-3-8-6-7(2)4-5-9(8)10/h7-8H,3-6H2,1-2H3/t7-,8+/m0/s1. The molecule has 0 amide bonds. The molecule has 1 saturated carbocycles. The smallest absolute Gasteiger partial charge is 0.135 e. The van der Waals surface area contributed by atoms with Crippen molar-refractivity contribution < 1.29 is 4.79 Å². The van der Waals surface area contributed by atoms with Gasteiger partial charge in [-0.1, -0.05) is 13.8 Å². The maximum absolute atomic E-state index is 11.2. The highest BCUT2D eigenvalue weighted by Gasteiger charge is 2.24. The molecule has 1 heteroatoms. The Balaban J connectivity index is 2.45. The van der Waals surface area contributed by atoms with E-state index in [9.17, 15) is 4.79 Å². The van der Waals surface area contributed by atoms with E-state index in [0.29, 0.717) is 11.7 Å². The van der Waals surface area contributed by atoms with Crippen molar-refractivity contribution in [3.63, 3.8) is 0 Å². The molecular weight excluding hydrogens is 124 g/mol. The monoisotopic (exact) mass is 140 g/mol. The second kappa shape index (κ2) is 3.18. The molecule has 0 N–H and O–H groups in total. The Labute approximate surface area is 62.8 Å². The third-order valence-corrected chi connectivity index (χ3v) is 2.52. The third-order valence-electron chi connectivity index (χ3n) is 2.52. The Morgan fingerprint density at radius 3 is 2.80 bits per heavy atom. The molecule has 1 aliphatic carbocycles. The summed E-state index contributed by atoms with van der Waals surface area (Å²) >= 11 is 0. The van der Waals surface area contributed by atoms with Gasteiger partial charge in [0.25, 0.3) is 0 Å². The lowest BCUT2D eigenvalue weighted by molar-refractivity contribution is -0.125. The van der Waals surface area contributed by atoms with Crippen molar-refractivity contribution in [2.24, 2.45) is 11.8 Å². The summed E-state index contributed by atoms with van der Waals surface area (Å²) in [6.07, 6.45) is 4.13. The third kappa shape index (κ3) is 1.59. The van der Waals surface area contributed by atoms with Crippen molar-refractivity contribution in [1.82, 2.24) is 0 Å². The Morgan fingerprint density at radius 2 is 2.30 bits per heavy atom. The van der Waals surface area contributed by atoms with Crippen LogP contribution in [0.2, 0.25) is 0 Å². The molecular formula is C9H16O. The van der Waals surface area contributed by atoms with Gasteiger partial charge in [0.15, 0.2) is 0 Å². The zero-order chi connectivity index (χ0) is 7.56. The zero-order valence-electron chi connectivity index (χ0n) is 6.89.